The highest BCUT2D eigenvalue weighted by molar-refractivity contribution is 4.95. The molecule has 0 radical (unpaired) electrons. The first-order valence-electron chi connectivity index (χ1n) is 6.29. The molecule has 0 aliphatic rings. The number of aromatic nitrogens is 2. The molecule has 5 heteroatoms. The van der Waals surface area contributed by atoms with Gasteiger partial charge in [-0.1, -0.05) is 25.9 Å². The molecule has 5 nitrogen and oxygen atoms in total. The molecule has 98 valence electrons. The van der Waals surface area contributed by atoms with Crippen LogP contribution >= 0.6 is 0 Å². The molecular formula is C12H23N3O2. The van der Waals surface area contributed by atoms with Gasteiger partial charge in [0.1, 0.15) is 6.10 Å². The molecule has 0 aliphatic heterocycles. The average Bonchev–Trinajstić information content (AvgIpc) is 2.74. The van der Waals surface area contributed by atoms with Crippen molar-refractivity contribution in [2.75, 3.05) is 6.61 Å². The van der Waals surface area contributed by atoms with E-state index < -0.39 is 0 Å². The Morgan fingerprint density at radius 3 is 2.59 bits per heavy atom. The molecule has 0 amide bonds. The zero-order valence-corrected chi connectivity index (χ0v) is 11.1. The van der Waals surface area contributed by atoms with Crippen molar-refractivity contribution in [1.82, 2.24) is 10.1 Å². The van der Waals surface area contributed by atoms with Crippen LogP contribution in [0.15, 0.2) is 4.52 Å². The molecule has 1 rings (SSSR count). The van der Waals surface area contributed by atoms with Gasteiger partial charge in [0.2, 0.25) is 11.7 Å². The van der Waals surface area contributed by atoms with Crippen molar-refractivity contribution >= 4 is 0 Å². The summed E-state index contributed by atoms with van der Waals surface area (Å²) < 4.78 is 10.7. The topological polar surface area (TPSA) is 74.2 Å². The Kier molecular flexibility index (Phi) is 5.58. The van der Waals surface area contributed by atoms with Crippen LogP contribution in [0, 0.1) is 5.92 Å². The highest BCUT2D eigenvalue weighted by atomic mass is 16.5. The maximum Gasteiger partial charge on any atom is 0.243 e. The van der Waals surface area contributed by atoms with E-state index in [9.17, 15) is 0 Å². The Bertz CT molecular complexity index is 325. The SMILES string of the molecule is CCOC(CC)c1noc([C@H](N)CC(C)C)n1. The normalized spacial score (nSPS) is 15.2. The van der Waals surface area contributed by atoms with Crippen molar-refractivity contribution in [2.24, 2.45) is 11.7 Å². The van der Waals surface area contributed by atoms with Crippen LogP contribution in [0.1, 0.15) is 64.4 Å². The van der Waals surface area contributed by atoms with Crippen LogP contribution in [0.4, 0.5) is 0 Å². The van der Waals surface area contributed by atoms with Crippen LogP contribution in [0.25, 0.3) is 0 Å². The van der Waals surface area contributed by atoms with Crippen LogP contribution in [0.2, 0.25) is 0 Å². The fraction of sp³-hybridized carbons (Fsp3) is 0.833. The molecular weight excluding hydrogens is 218 g/mol. The first-order valence-corrected chi connectivity index (χ1v) is 6.29. The Hall–Kier alpha value is -0.940. The minimum Gasteiger partial charge on any atom is -0.370 e. The summed E-state index contributed by atoms with van der Waals surface area (Å²) in [5.41, 5.74) is 5.99. The van der Waals surface area contributed by atoms with Gasteiger partial charge in [-0.05, 0) is 25.7 Å². The van der Waals surface area contributed by atoms with Crippen LogP contribution in [-0.2, 0) is 4.74 Å². The van der Waals surface area contributed by atoms with Gasteiger partial charge in [0.15, 0.2) is 0 Å². The number of nitrogens with zero attached hydrogens (tertiary/aromatic N) is 2. The standard InChI is InChI=1S/C12H23N3O2/c1-5-10(16-6-2)11-14-12(17-15-11)9(13)7-8(3)4/h8-10H,5-7,13H2,1-4H3/t9-,10?/m1/s1. The van der Waals surface area contributed by atoms with Crippen molar-refractivity contribution in [2.45, 2.75) is 52.7 Å². The molecule has 1 aromatic heterocycles. The van der Waals surface area contributed by atoms with E-state index >= 15 is 0 Å². The molecule has 0 saturated carbocycles. The first-order chi connectivity index (χ1) is 8.08. The molecule has 1 unspecified atom stereocenters. The maximum absolute atomic E-state index is 5.99. The summed E-state index contributed by atoms with van der Waals surface area (Å²) in [5, 5.41) is 3.94. The van der Waals surface area contributed by atoms with E-state index in [0.29, 0.717) is 24.2 Å². The first kappa shape index (κ1) is 14.1. The van der Waals surface area contributed by atoms with E-state index in [1.54, 1.807) is 0 Å². The molecule has 0 saturated heterocycles. The van der Waals surface area contributed by atoms with Crippen molar-refractivity contribution in [3.05, 3.63) is 11.7 Å². The predicted molar refractivity (Wildman–Crippen MR) is 65.3 cm³/mol. The Morgan fingerprint density at radius 2 is 2.06 bits per heavy atom. The third-order valence-corrected chi connectivity index (χ3v) is 2.53. The van der Waals surface area contributed by atoms with E-state index in [-0.39, 0.29) is 12.1 Å². The molecule has 0 aliphatic carbocycles. The van der Waals surface area contributed by atoms with E-state index in [0.717, 1.165) is 12.8 Å². The van der Waals surface area contributed by atoms with Gasteiger partial charge in [0, 0.05) is 6.61 Å². The molecule has 2 N–H and O–H groups in total. The van der Waals surface area contributed by atoms with Crippen LogP contribution in [0.5, 0.6) is 0 Å². The number of nitrogens with two attached hydrogens (primary N) is 1. The van der Waals surface area contributed by atoms with Gasteiger partial charge >= 0.3 is 0 Å². The fourth-order valence-corrected chi connectivity index (χ4v) is 1.71. The van der Waals surface area contributed by atoms with Crippen molar-refractivity contribution in [3.8, 4) is 0 Å². The minimum absolute atomic E-state index is 0.0938. The van der Waals surface area contributed by atoms with Gasteiger partial charge in [-0.25, -0.2) is 0 Å². The summed E-state index contributed by atoms with van der Waals surface area (Å²) >= 11 is 0. The monoisotopic (exact) mass is 241 g/mol. The van der Waals surface area contributed by atoms with Gasteiger partial charge in [0.25, 0.3) is 0 Å². The third kappa shape index (κ3) is 4.09. The molecule has 1 aromatic rings. The number of hydrogen-bond donors (Lipinski definition) is 1. The molecule has 0 aromatic carbocycles. The van der Waals surface area contributed by atoms with Gasteiger partial charge in [-0.2, -0.15) is 4.98 Å². The molecule has 0 bridgehead atoms. The summed E-state index contributed by atoms with van der Waals surface area (Å²) in [6.07, 6.45) is 1.57. The largest absolute Gasteiger partial charge is 0.370 e. The zero-order valence-electron chi connectivity index (χ0n) is 11.1. The highest BCUT2D eigenvalue weighted by Crippen LogP contribution is 2.22. The van der Waals surface area contributed by atoms with Crippen LogP contribution in [0.3, 0.4) is 0 Å². The van der Waals surface area contributed by atoms with Crippen LogP contribution < -0.4 is 5.73 Å². The smallest absolute Gasteiger partial charge is 0.243 e. The predicted octanol–water partition coefficient (Wildman–Crippen LogP) is 2.60. The second-order valence-corrected chi connectivity index (χ2v) is 4.58. The lowest BCUT2D eigenvalue weighted by atomic mass is 10.0. The highest BCUT2D eigenvalue weighted by Gasteiger charge is 2.20. The minimum atomic E-state index is -0.185. The van der Waals surface area contributed by atoms with E-state index in [1.807, 2.05) is 13.8 Å². The number of rotatable bonds is 7. The summed E-state index contributed by atoms with van der Waals surface area (Å²) in [6, 6.07) is -0.185. The second kappa shape index (κ2) is 6.71. The molecule has 0 fully saturated rings. The Morgan fingerprint density at radius 1 is 1.35 bits per heavy atom. The lowest BCUT2D eigenvalue weighted by molar-refractivity contribution is 0.0518. The fourth-order valence-electron chi connectivity index (χ4n) is 1.71. The maximum atomic E-state index is 5.99. The summed E-state index contributed by atoms with van der Waals surface area (Å²) in [4.78, 5) is 4.33. The zero-order chi connectivity index (χ0) is 12.8. The lowest BCUT2D eigenvalue weighted by Gasteiger charge is -2.10. The van der Waals surface area contributed by atoms with Gasteiger partial charge in [0.05, 0.1) is 6.04 Å². The van der Waals surface area contributed by atoms with E-state index in [2.05, 4.69) is 24.0 Å². The summed E-state index contributed by atoms with van der Waals surface area (Å²) in [5.74, 6) is 1.62. The second-order valence-electron chi connectivity index (χ2n) is 4.58. The van der Waals surface area contributed by atoms with Crippen molar-refractivity contribution < 1.29 is 9.26 Å². The van der Waals surface area contributed by atoms with Gasteiger partial charge in [-0.15, -0.1) is 0 Å². The van der Waals surface area contributed by atoms with Crippen molar-refractivity contribution in [1.29, 1.82) is 0 Å². The molecule has 1 heterocycles. The average molecular weight is 241 g/mol. The summed E-state index contributed by atoms with van der Waals surface area (Å²) in [7, 11) is 0. The number of hydrogen-bond acceptors (Lipinski definition) is 5. The van der Waals surface area contributed by atoms with Crippen LogP contribution in [-0.4, -0.2) is 16.7 Å². The lowest BCUT2D eigenvalue weighted by Crippen LogP contribution is -2.13. The van der Waals surface area contributed by atoms with Crippen molar-refractivity contribution in [3.63, 3.8) is 0 Å². The van der Waals surface area contributed by atoms with Gasteiger partial charge < -0.3 is 15.0 Å². The van der Waals surface area contributed by atoms with E-state index in [1.165, 1.54) is 0 Å². The molecule has 2 atom stereocenters. The van der Waals surface area contributed by atoms with Gasteiger partial charge in [-0.3, -0.25) is 0 Å². The summed E-state index contributed by atoms with van der Waals surface area (Å²) in [6.45, 7) is 8.86. The molecule has 17 heavy (non-hydrogen) atoms. The quantitative estimate of drug-likeness (QED) is 0.794. The van der Waals surface area contributed by atoms with E-state index in [4.69, 9.17) is 15.0 Å². The number of ether oxygens (including phenoxy) is 1. The Balaban J connectivity index is 2.69. The molecule has 0 spiro atoms. The third-order valence-electron chi connectivity index (χ3n) is 2.53. The Labute approximate surface area is 103 Å².